The lowest BCUT2D eigenvalue weighted by Gasteiger charge is -2.54. The lowest BCUT2D eigenvalue weighted by Crippen LogP contribution is -2.48. The van der Waals surface area contributed by atoms with E-state index in [1.54, 1.807) is 6.92 Å². The summed E-state index contributed by atoms with van der Waals surface area (Å²) in [6.45, 7) is 8.56. The van der Waals surface area contributed by atoms with E-state index in [1.807, 2.05) is 0 Å². The van der Waals surface area contributed by atoms with Crippen LogP contribution in [0.2, 0.25) is 0 Å². The molecule has 24 heavy (non-hydrogen) atoms. The predicted molar refractivity (Wildman–Crippen MR) is 90.4 cm³/mol. The normalized spacial score (nSPS) is 33.4. The fourth-order valence-corrected chi connectivity index (χ4v) is 5.99. The SMILES string of the molecule is CC1OC(=O)c2c3c(c(O)c(O)c21)[C@@]1(C)CCCC(C)(C)[C@@H]1CC3. The van der Waals surface area contributed by atoms with Gasteiger partial charge in [0.1, 0.15) is 6.10 Å². The van der Waals surface area contributed by atoms with Crippen molar-refractivity contribution >= 4 is 5.97 Å². The van der Waals surface area contributed by atoms with E-state index < -0.39 is 6.10 Å². The molecule has 0 saturated heterocycles. The molecule has 1 aliphatic heterocycles. The first-order valence-electron chi connectivity index (χ1n) is 9.00. The number of fused-ring (bicyclic) bond motifs is 5. The summed E-state index contributed by atoms with van der Waals surface area (Å²) < 4.78 is 5.33. The van der Waals surface area contributed by atoms with E-state index in [1.165, 1.54) is 6.42 Å². The highest BCUT2D eigenvalue weighted by molar-refractivity contribution is 5.98. The Hall–Kier alpha value is -1.71. The zero-order chi connectivity index (χ0) is 17.4. The third-order valence-corrected chi connectivity index (χ3v) is 6.97. The molecule has 0 bridgehead atoms. The smallest absolute Gasteiger partial charge is 0.339 e. The van der Waals surface area contributed by atoms with E-state index in [4.69, 9.17) is 4.74 Å². The first-order chi connectivity index (χ1) is 11.2. The molecule has 4 rings (SSSR count). The number of aromatic hydroxyl groups is 2. The summed E-state index contributed by atoms with van der Waals surface area (Å²) in [6, 6.07) is 0. The average molecular weight is 330 g/mol. The molecule has 1 aromatic rings. The van der Waals surface area contributed by atoms with Crippen molar-refractivity contribution in [3.05, 3.63) is 22.3 Å². The Kier molecular flexibility index (Phi) is 3.08. The third-order valence-electron chi connectivity index (χ3n) is 6.97. The van der Waals surface area contributed by atoms with Crippen LogP contribution in [-0.4, -0.2) is 16.2 Å². The van der Waals surface area contributed by atoms with Gasteiger partial charge in [-0.05, 0) is 54.9 Å². The van der Waals surface area contributed by atoms with Crippen LogP contribution in [0, 0.1) is 11.3 Å². The van der Waals surface area contributed by atoms with Gasteiger partial charge in [-0.2, -0.15) is 0 Å². The van der Waals surface area contributed by atoms with Crippen LogP contribution in [0.15, 0.2) is 0 Å². The van der Waals surface area contributed by atoms with Crippen molar-refractivity contribution in [2.75, 3.05) is 0 Å². The van der Waals surface area contributed by atoms with Gasteiger partial charge < -0.3 is 14.9 Å². The highest BCUT2D eigenvalue weighted by Gasteiger charge is 2.53. The van der Waals surface area contributed by atoms with Crippen molar-refractivity contribution < 1.29 is 19.7 Å². The standard InChI is InChI=1S/C20H26O4/c1-10-13-14(18(23)24-10)11-6-7-12-19(2,3)8-5-9-20(12,4)15(11)17(22)16(13)21/h10,12,21-22H,5-9H2,1-4H3/t10?,12-,20-/m0/s1. The Labute approximate surface area is 142 Å². The van der Waals surface area contributed by atoms with E-state index in [0.717, 1.165) is 36.8 Å². The number of hydrogen-bond acceptors (Lipinski definition) is 4. The van der Waals surface area contributed by atoms with Gasteiger partial charge in [0.15, 0.2) is 11.5 Å². The molecule has 0 aromatic heterocycles. The summed E-state index contributed by atoms with van der Waals surface area (Å²) in [4.78, 5) is 12.4. The molecule has 2 N–H and O–H groups in total. The van der Waals surface area contributed by atoms with Crippen molar-refractivity contribution in [2.24, 2.45) is 11.3 Å². The number of carbonyl (C=O) groups is 1. The number of benzene rings is 1. The molecule has 4 nitrogen and oxygen atoms in total. The van der Waals surface area contributed by atoms with E-state index in [2.05, 4.69) is 20.8 Å². The van der Waals surface area contributed by atoms with Crippen LogP contribution in [-0.2, 0) is 16.6 Å². The predicted octanol–water partition coefficient (Wildman–Crippen LogP) is 4.36. The maximum Gasteiger partial charge on any atom is 0.339 e. The van der Waals surface area contributed by atoms with E-state index >= 15 is 0 Å². The zero-order valence-electron chi connectivity index (χ0n) is 14.9. The van der Waals surface area contributed by atoms with Crippen LogP contribution in [0.25, 0.3) is 0 Å². The highest BCUT2D eigenvalue weighted by atomic mass is 16.5. The number of cyclic esters (lactones) is 1. The summed E-state index contributed by atoms with van der Waals surface area (Å²) in [6.07, 6.45) is 4.52. The second-order valence-electron chi connectivity index (χ2n) is 8.74. The molecule has 3 atom stereocenters. The van der Waals surface area contributed by atoms with Gasteiger partial charge in [-0.3, -0.25) is 0 Å². The van der Waals surface area contributed by atoms with E-state index in [-0.39, 0.29) is 28.3 Å². The average Bonchev–Trinajstić information content (AvgIpc) is 2.78. The Morgan fingerprint density at radius 3 is 2.54 bits per heavy atom. The molecule has 3 aliphatic rings. The summed E-state index contributed by atoms with van der Waals surface area (Å²) in [5.41, 5.74) is 2.67. The minimum atomic E-state index is -0.503. The quantitative estimate of drug-likeness (QED) is 0.548. The number of ether oxygens (including phenoxy) is 1. The van der Waals surface area contributed by atoms with Crippen LogP contribution in [0.5, 0.6) is 11.5 Å². The van der Waals surface area contributed by atoms with Gasteiger partial charge in [0, 0.05) is 5.56 Å². The number of rotatable bonds is 0. The molecule has 1 fully saturated rings. The number of hydrogen-bond donors (Lipinski definition) is 2. The van der Waals surface area contributed by atoms with E-state index in [0.29, 0.717) is 17.0 Å². The summed E-state index contributed by atoms with van der Waals surface area (Å²) in [5.74, 6) is -0.114. The molecule has 130 valence electrons. The summed E-state index contributed by atoms with van der Waals surface area (Å²) in [7, 11) is 0. The third kappa shape index (κ3) is 1.77. The van der Waals surface area contributed by atoms with Crippen LogP contribution in [0.4, 0.5) is 0 Å². The van der Waals surface area contributed by atoms with Crippen molar-refractivity contribution in [3.8, 4) is 11.5 Å². The van der Waals surface area contributed by atoms with Crippen LogP contribution in [0.3, 0.4) is 0 Å². The first-order valence-corrected chi connectivity index (χ1v) is 9.00. The van der Waals surface area contributed by atoms with Crippen molar-refractivity contribution in [1.29, 1.82) is 0 Å². The van der Waals surface area contributed by atoms with Gasteiger partial charge in [0.2, 0.25) is 0 Å². The molecule has 0 spiro atoms. The molecule has 0 radical (unpaired) electrons. The van der Waals surface area contributed by atoms with Crippen molar-refractivity contribution in [3.63, 3.8) is 0 Å². The lowest BCUT2D eigenvalue weighted by molar-refractivity contribution is 0.0380. The number of esters is 1. The van der Waals surface area contributed by atoms with Gasteiger partial charge in [-0.25, -0.2) is 4.79 Å². The number of phenols is 2. The Bertz CT molecular complexity index is 749. The van der Waals surface area contributed by atoms with Crippen LogP contribution < -0.4 is 0 Å². The molecule has 2 aliphatic carbocycles. The van der Waals surface area contributed by atoms with Crippen LogP contribution >= 0.6 is 0 Å². The monoisotopic (exact) mass is 330 g/mol. The second-order valence-corrected chi connectivity index (χ2v) is 8.74. The van der Waals surface area contributed by atoms with Crippen molar-refractivity contribution in [1.82, 2.24) is 0 Å². The van der Waals surface area contributed by atoms with Crippen LogP contribution in [0.1, 0.15) is 86.5 Å². The maximum absolute atomic E-state index is 12.4. The molecule has 1 aromatic carbocycles. The fraction of sp³-hybridized carbons (Fsp3) is 0.650. The molecule has 1 unspecified atom stereocenters. The molecule has 1 heterocycles. The highest BCUT2D eigenvalue weighted by Crippen LogP contribution is 2.61. The van der Waals surface area contributed by atoms with E-state index in [9.17, 15) is 15.0 Å². The molecule has 4 heteroatoms. The molecule has 1 saturated carbocycles. The Morgan fingerprint density at radius 2 is 1.83 bits per heavy atom. The van der Waals surface area contributed by atoms with Gasteiger partial charge in [-0.15, -0.1) is 0 Å². The fourth-order valence-electron chi connectivity index (χ4n) is 5.99. The second kappa shape index (κ2) is 4.68. The van der Waals surface area contributed by atoms with Gasteiger partial charge in [-0.1, -0.05) is 27.2 Å². The molecular weight excluding hydrogens is 304 g/mol. The largest absolute Gasteiger partial charge is 0.504 e. The van der Waals surface area contributed by atoms with Crippen molar-refractivity contribution in [2.45, 2.75) is 71.3 Å². The molecule has 0 amide bonds. The maximum atomic E-state index is 12.4. The Balaban J connectivity index is 2.01. The van der Waals surface area contributed by atoms with Gasteiger partial charge in [0.05, 0.1) is 11.1 Å². The van der Waals surface area contributed by atoms with Gasteiger partial charge >= 0.3 is 5.97 Å². The topological polar surface area (TPSA) is 66.8 Å². The number of phenolic OH excluding ortho intramolecular Hbond substituents is 2. The summed E-state index contributed by atoms with van der Waals surface area (Å²) in [5, 5.41) is 21.5. The minimum absolute atomic E-state index is 0.0289. The van der Waals surface area contributed by atoms with Gasteiger partial charge in [0.25, 0.3) is 0 Å². The number of carbonyl (C=O) groups excluding carboxylic acids is 1. The summed E-state index contributed by atoms with van der Waals surface area (Å²) >= 11 is 0. The Morgan fingerprint density at radius 1 is 1.12 bits per heavy atom. The minimum Gasteiger partial charge on any atom is -0.504 e. The zero-order valence-corrected chi connectivity index (χ0v) is 14.9. The lowest BCUT2D eigenvalue weighted by atomic mass is 9.50. The molecular formula is C20H26O4. The first kappa shape index (κ1) is 15.8.